The summed E-state index contributed by atoms with van der Waals surface area (Å²) in [6, 6.07) is 14.5. The van der Waals surface area contributed by atoms with E-state index in [1.54, 1.807) is 12.1 Å². The monoisotopic (exact) mass is 427 g/mol. The fourth-order valence-corrected chi connectivity index (χ4v) is 5.19. The SMILES string of the molecule is CCOc1ccccc1-c1noc(C2CCCN(S(=O)(=O)c3ccc(C)cc3)C2)n1. The van der Waals surface area contributed by atoms with Crippen molar-refractivity contribution in [1.82, 2.24) is 14.4 Å². The second-order valence-electron chi connectivity index (χ2n) is 7.40. The van der Waals surface area contributed by atoms with Crippen LogP contribution in [0.5, 0.6) is 5.75 Å². The average molecular weight is 428 g/mol. The summed E-state index contributed by atoms with van der Waals surface area (Å²) in [4.78, 5) is 4.88. The van der Waals surface area contributed by atoms with Crippen LogP contribution >= 0.6 is 0 Å². The molecule has 2 heterocycles. The molecule has 1 aromatic heterocycles. The smallest absolute Gasteiger partial charge is 0.243 e. The number of hydrogen-bond donors (Lipinski definition) is 0. The normalized spacial score (nSPS) is 17.7. The highest BCUT2D eigenvalue weighted by Gasteiger charge is 2.33. The van der Waals surface area contributed by atoms with Crippen molar-refractivity contribution in [2.45, 2.75) is 37.5 Å². The predicted molar refractivity (Wildman–Crippen MR) is 113 cm³/mol. The second-order valence-corrected chi connectivity index (χ2v) is 9.34. The van der Waals surface area contributed by atoms with E-state index in [9.17, 15) is 8.42 Å². The molecule has 1 saturated heterocycles. The van der Waals surface area contributed by atoms with E-state index in [0.717, 1.165) is 24.0 Å². The Labute approximate surface area is 176 Å². The van der Waals surface area contributed by atoms with E-state index >= 15 is 0 Å². The van der Waals surface area contributed by atoms with Crippen LogP contribution in [0.2, 0.25) is 0 Å². The van der Waals surface area contributed by atoms with Gasteiger partial charge in [-0.05, 0) is 51.0 Å². The summed E-state index contributed by atoms with van der Waals surface area (Å²) in [7, 11) is -3.56. The maximum atomic E-state index is 13.1. The highest BCUT2D eigenvalue weighted by molar-refractivity contribution is 7.89. The van der Waals surface area contributed by atoms with Gasteiger partial charge in [0.15, 0.2) is 0 Å². The van der Waals surface area contributed by atoms with Crippen molar-refractivity contribution in [2.24, 2.45) is 0 Å². The molecule has 1 fully saturated rings. The van der Waals surface area contributed by atoms with Crippen LogP contribution in [0.3, 0.4) is 0 Å². The van der Waals surface area contributed by atoms with Crippen LogP contribution in [0.1, 0.15) is 37.1 Å². The molecule has 8 heteroatoms. The average Bonchev–Trinajstić information content (AvgIpc) is 3.25. The molecule has 0 N–H and O–H groups in total. The third kappa shape index (κ3) is 4.11. The number of nitrogens with zero attached hydrogens (tertiary/aromatic N) is 3. The van der Waals surface area contributed by atoms with Gasteiger partial charge in [0.1, 0.15) is 5.75 Å². The molecule has 0 bridgehead atoms. The lowest BCUT2D eigenvalue weighted by Gasteiger charge is -2.30. The van der Waals surface area contributed by atoms with E-state index in [4.69, 9.17) is 9.26 Å². The first-order chi connectivity index (χ1) is 14.5. The van der Waals surface area contributed by atoms with Crippen molar-refractivity contribution < 1.29 is 17.7 Å². The largest absolute Gasteiger partial charge is 0.493 e. The molecule has 0 spiro atoms. The first-order valence-electron chi connectivity index (χ1n) is 10.1. The zero-order valence-electron chi connectivity index (χ0n) is 17.1. The molecule has 158 valence electrons. The van der Waals surface area contributed by atoms with Crippen LogP contribution in [0, 0.1) is 6.92 Å². The molecule has 30 heavy (non-hydrogen) atoms. The summed E-state index contributed by atoms with van der Waals surface area (Å²) in [5, 5.41) is 4.13. The van der Waals surface area contributed by atoms with E-state index in [0.29, 0.717) is 42.1 Å². The van der Waals surface area contributed by atoms with Gasteiger partial charge in [-0.3, -0.25) is 0 Å². The minimum absolute atomic E-state index is 0.139. The topological polar surface area (TPSA) is 85.5 Å². The zero-order valence-corrected chi connectivity index (χ0v) is 17.9. The fraction of sp³-hybridized carbons (Fsp3) is 0.364. The summed E-state index contributed by atoms with van der Waals surface area (Å²) in [5.41, 5.74) is 1.78. The van der Waals surface area contributed by atoms with Crippen LogP contribution in [0.4, 0.5) is 0 Å². The summed E-state index contributed by atoms with van der Waals surface area (Å²) < 4.78 is 38.8. The standard InChI is InChI=1S/C22H25N3O4S/c1-3-28-20-9-5-4-8-19(20)21-23-22(29-24-21)17-7-6-14-25(15-17)30(26,27)18-12-10-16(2)11-13-18/h4-5,8-13,17H,3,6-7,14-15H2,1-2H3. The van der Waals surface area contributed by atoms with E-state index in [-0.39, 0.29) is 5.92 Å². The Hall–Kier alpha value is -2.71. The number of aromatic nitrogens is 2. The second kappa shape index (κ2) is 8.57. The minimum atomic E-state index is -3.56. The van der Waals surface area contributed by atoms with E-state index < -0.39 is 10.0 Å². The molecule has 4 rings (SSSR count). The van der Waals surface area contributed by atoms with Crippen molar-refractivity contribution in [3.63, 3.8) is 0 Å². The first-order valence-corrected chi connectivity index (χ1v) is 11.6. The van der Waals surface area contributed by atoms with Crippen molar-refractivity contribution in [1.29, 1.82) is 0 Å². The molecule has 0 aliphatic carbocycles. The van der Waals surface area contributed by atoms with Gasteiger partial charge < -0.3 is 9.26 Å². The summed E-state index contributed by atoms with van der Waals surface area (Å²) in [6.45, 7) is 5.20. The lowest BCUT2D eigenvalue weighted by molar-refractivity contribution is 0.265. The number of rotatable bonds is 6. The van der Waals surface area contributed by atoms with E-state index in [2.05, 4.69) is 10.1 Å². The Morgan fingerprint density at radius 2 is 1.93 bits per heavy atom. The van der Waals surface area contributed by atoms with E-state index in [1.807, 2.05) is 50.2 Å². The fourth-order valence-electron chi connectivity index (χ4n) is 3.66. The number of hydrogen-bond acceptors (Lipinski definition) is 6. The molecular formula is C22H25N3O4S. The van der Waals surface area contributed by atoms with Gasteiger partial charge in [0.05, 0.1) is 23.0 Å². The Bertz CT molecular complexity index is 1110. The number of aryl methyl sites for hydroxylation is 1. The van der Waals surface area contributed by atoms with Crippen LogP contribution in [-0.2, 0) is 10.0 Å². The van der Waals surface area contributed by atoms with Crippen LogP contribution < -0.4 is 4.74 Å². The first kappa shape index (κ1) is 20.6. The van der Waals surface area contributed by atoms with Gasteiger partial charge in [-0.15, -0.1) is 0 Å². The molecule has 2 aromatic carbocycles. The van der Waals surface area contributed by atoms with Gasteiger partial charge in [-0.2, -0.15) is 9.29 Å². The van der Waals surface area contributed by atoms with Crippen LogP contribution in [0.15, 0.2) is 57.9 Å². The summed E-state index contributed by atoms with van der Waals surface area (Å²) in [5.74, 6) is 1.46. The molecule has 1 atom stereocenters. The molecule has 3 aromatic rings. The van der Waals surface area contributed by atoms with E-state index in [1.165, 1.54) is 4.31 Å². The molecule has 7 nitrogen and oxygen atoms in total. The summed E-state index contributed by atoms with van der Waals surface area (Å²) >= 11 is 0. The Morgan fingerprint density at radius 3 is 2.70 bits per heavy atom. The molecule has 1 aliphatic rings. The predicted octanol–water partition coefficient (Wildman–Crippen LogP) is 4.01. The maximum Gasteiger partial charge on any atom is 0.243 e. The van der Waals surface area contributed by atoms with Crippen LogP contribution in [0.25, 0.3) is 11.4 Å². The third-order valence-electron chi connectivity index (χ3n) is 5.26. The quantitative estimate of drug-likeness (QED) is 0.591. The molecule has 0 amide bonds. The van der Waals surface area contributed by atoms with Gasteiger partial charge in [0.2, 0.25) is 21.7 Å². The lowest BCUT2D eigenvalue weighted by atomic mass is 10.00. The number of benzene rings is 2. The van der Waals surface area contributed by atoms with Gasteiger partial charge in [0, 0.05) is 13.1 Å². The minimum Gasteiger partial charge on any atom is -0.493 e. The van der Waals surface area contributed by atoms with Gasteiger partial charge >= 0.3 is 0 Å². The molecule has 0 radical (unpaired) electrons. The van der Waals surface area contributed by atoms with Crippen LogP contribution in [-0.4, -0.2) is 42.6 Å². The highest BCUT2D eigenvalue weighted by Crippen LogP contribution is 2.32. The number of piperidine rings is 1. The Balaban J connectivity index is 1.55. The number of para-hydroxylation sites is 1. The van der Waals surface area contributed by atoms with Gasteiger partial charge in [-0.1, -0.05) is 35.0 Å². The molecule has 0 saturated carbocycles. The Kier molecular flexibility index (Phi) is 5.87. The number of ether oxygens (including phenoxy) is 1. The highest BCUT2D eigenvalue weighted by atomic mass is 32.2. The van der Waals surface area contributed by atoms with Crippen molar-refractivity contribution in [3.8, 4) is 17.1 Å². The van der Waals surface area contributed by atoms with Gasteiger partial charge in [0.25, 0.3) is 0 Å². The number of sulfonamides is 1. The zero-order chi connectivity index (χ0) is 21.1. The Morgan fingerprint density at radius 1 is 1.17 bits per heavy atom. The molecule has 1 unspecified atom stereocenters. The molecular weight excluding hydrogens is 402 g/mol. The third-order valence-corrected chi connectivity index (χ3v) is 7.14. The van der Waals surface area contributed by atoms with Crippen molar-refractivity contribution in [3.05, 3.63) is 60.0 Å². The van der Waals surface area contributed by atoms with Crippen molar-refractivity contribution >= 4 is 10.0 Å². The molecule has 1 aliphatic heterocycles. The lowest BCUT2D eigenvalue weighted by Crippen LogP contribution is -2.39. The maximum absolute atomic E-state index is 13.1. The summed E-state index contributed by atoms with van der Waals surface area (Å²) in [6.07, 6.45) is 1.54. The van der Waals surface area contributed by atoms with Gasteiger partial charge in [-0.25, -0.2) is 8.42 Å². The van der Waals surface area contributed by atoms with Crippen molar-refractivity contribution in [2.75, 3.05) is 19.7 Å².